The number of anilines is 1. The summed E-state index contributed by atoms with van der Waals surface area (Å²) in [6.45, 7) is 0. The standard InChI is InChI=1S/C14H12BrNO/c15-13-4-2-1-3-10(13)5-6-11-9-12(16)7-8-14(11)17/h1-9,17H,16H2/b6-5+. The number of nitrogens with two attached hydrogens (primary N) is 1. The van der Waals surface area contributed by atoms with Crippen LogP contribution in [-0.4, -0.2) is 5.11 Å². The number of rotatable bonds is 2. The molecular weight excluding hydrogens is 278 g/mol. The maximum absolute atomic E-state index is 9.66. The van der Waals surface area contributed by atoms with Crippen molar-refractivity contribution in [3.8, 4) is 5.75 Å². The summed E-state index contributed by atoms with van der Waals surface area (Å²) in [6, 6.07) is 12.9. The lowest BCUT2D eigenvalue weighted by atomic mass is 10.1. The fourth-order valence-corrected chi connectivity index (χ4v) is 1.91. The van der Waals surface area contributed by atoms with Crippen molar-refractivity contribution in [2.24, 2.45) is 0 Å². The molecule has 17 heavy (non-hydrogen) atoms. The van der Waals surface area contributed by atoms with Crippen LogP contribution in [0.4, 0.5) is 5.69 Å². The van der Waals surface area contributed by atoms with Gasteiger partial charge in [-0.15, -0.1) is 0 Å². The number of nitrogen functional groups attached to an aromatic ring is 1. The molecule has 0 unspecified atom stereocenters. The van der Waals surface area contributed by atoms with Crippen LogP contribution in [0.2, 0.25) is 0 Å². The van der Waals surface area contributed by atoms with Gasteiger partial charge < -0.3 is 10.8 Å². The molecule has 0 spiro atoms. The Balaban J connectivity index is 2.32. The van der Waals surface area contributed by atoms with Crippen LogP contribution in [0.5, 0.6) is 5.75 Å². The van der Waals surface area contributed by atoms with E-state index in [1.165, 1.54) is 0 Å². The first-order chi connectivity index (χ1) is 8.16. The van der Waals surface area contributed by atoms with E-state index in [9.17, 15) is 5.11 Å². The molecule has 0 aromatic heterocycles. The third-order valence-electron chi connectivity index (χ3n) is 2.40. The van der Waals surface area contributed by atoms with Crippen LogP contribution < -0.4 is 5.73 Å². The van der Waals surface area contributed by atoms with E-state index in [2.05, 4.69) is 15.9 Å². The molecule has 3 N–H and O–H groups in total. The van der Waals surface area contributed by atoms with E-state index >= 15 is 0 Å². The lowest BCUT2D eigenvalue weighted by Crippen LogP contribution is -1.85. The van der Waals surface area contributed by atoms with E-state index in [-0.39, 0.29) is 5.75 Å². The van der Waals surface area contributed by atoms with Gasteiger partial charge in [-0.2, -0.15) is 0 Å². The van der Waals surface area contributed by atoms with Crippen molar-refractivity contribution in [1.82, 2.24) is 0 Å². The molecule has 0 amide bonds. The topological polar surface area (TPSA) is 46.2 Å². The van der Waals surface area contributed by atoms with Crippen molar-refractivity contribution in [2.75, 3.05) is 5.73 Å². The molecule has 0 aliphatic carbocycles. The fraction of sp³-hybridized carbons (Fsp3) is 0. The Morgan fingerprint density at radius 2 is 1.71 bits per heavy atom. The van der Waals surface area contributed by atoms with Crippen LogP contribution in [0.15, 0.2) is 46.9 Å². The SMILES string of the molecule is Nc1ccc(O)c(/C=C/c2ccccc2Br)c1. The molecule has 86 valence electrons. The van der Waals surface area contributed by atoms with Gasteiger partial charge in [0.25, 0.3) is 0 Å². The fourth-order valence-electron chi connectivity index (χ4n) is 1.50. The molecule has 0 fully saturated rings. The monoisotopic (exact) mass is 289 g/mol. The largest absolute Gasteiger partial charge is 0.507 e. The van der Waals surface area contributed by atoms with Crippen LogP contribution >= 0.6 is 15.9 Å². The molecule has 2 aromatic rings. The molecule has 0 radical (unpaired) electrons. The van der Waals surface area contributed by atoms with E-state index in [4.69, 9.17) is 5.73 Å². The number of aromatic hydroxyl groups is 1. The minimum absolute atomic E-state index is 0.225. The second kappa shape index (κ2) is 5.06. The van der Waals surface area contributed by atoms with Crippen LogP contribution in [0.25, 0.3) is 12.2 Å². The van der Waals surface area contributed by atoms with E-state index in [1.807, 2.05) is 36.4 Å². The summed E-state index contributed by atoms with van der Waals surface area (Å²) < 4.78 is 1.01. The number of phenols is 1. The lowest BCUT2D eigenvalue weighted by molar-refractivity contribution is 0.474. The summed E-state index contributed by atoms with van der Waals surface area (Å²) in [5, 5.41) is 9.66. The molecule has 0 aliphatic rings. The quantitative estimate of drug-likeness (QED) is 0.500. The summed E-state index contributed by atoms with van der Waals surface area (Å²) in [4.78, 5) is 0. The lowest BCUT2D eigenvalue weighted by Gasteiger charge is -2.01. The van der Waals surface area contributed by atoms with Gasteiger partial charge in [0.15, 0.2) is 0 Å². The molecule has 0 bridgehead atoms. The number of hydrogen-bond donors (Lipinski definition) is 2. The Morgan fingerprint density at radius 3 is 2.47 bits per heavy atom. The molecule has 3 heteroatoms. The average Bonchev–Trinajstić information content (AvgIpc) is 2.32. The molecule has 0 heterocycles. The third kappa shape index (κ3) is 2.88. The highest BCUT2D eigenvalue weighted by Crippen LogP contribution is 2.24. The Morgan fingerprint density at radius 1 is 1.00 bits per heavy atom. The molecule has 0 aliphatic heterocycles. The summed E-state index contributed by atoms with van der Waals surface area (Å²) >= 11 is 3.46. The molecule has 0 saturated heterocycles. The van der Waals surface area contributed by atoms with Crippen molar-refractivity contribution in [3.05, 3.63) is 58.1 Å². The molecule has 2 rings (SSSR count). The predicted molar refractivity (Wildman–Crippen MR) is 75.6 cm³/mol. The highest BCUT2D eigenvalue weighted by molar-refractivity contribution is 9.10. The summed E-state index contributed by atoms with van der Waals surface area (Å²) in [6.07, 6.45) is 3.77. The first-order valence-corrected chi connectivity index (χ1v) is 5.97. The minimum Gasteiger partial charge on any atom is -0.507 e. The second-order valence-electron chi connectivity index (χ2n) is 3.67. The molecule has 2 aromatic carbocycles. The Labute approximate surface area is 109 Å². The minimum atomic E-state index is 0.225. The van der Waals surface area contributed by atoms with Crippen molar-refractivity contribution in [2.45, 2.75) is 0 Å². The molecule has 2 nitrogen and oxygen atoms in total. The van der Waals surface area contributed by atoms with E-state index in [0.717, 1.165) is 10.0 Å². The van der Waals surface area contributed by atoms with Gasteiger partial charge in [-0.25, -0.2) is 0 Å². The van der Waals surface area contributed by atoms with Gasteiger partial charge in [-0.05, 0) is 29.8 Å². The molecule has 0 atom stereocenters. The molecular formula is C14H12BrNO. The van der Waals surface area contributed by atoms with Crippen LogP contribution in [0.1, 0.15) is 11.1 Å². The van der Waals surface area contributed by atoms with Crippen molar-refractivity contribution in [1.29, 1.82) is 0 Å². The van der Waals surface area contributed by atoms with Crippen LogP contribution in [0.3, 0.4) is 0 Å². The van der Waals surface area contributed by atoms with E-state index < -0.39 is 0 Å². The number of benzene rings is 2. The number of hydrogen-bond acceptors (Lipinski definition) is 2. The van der Waals surface area contributed by atoms with Crippen LogP contribution in [-0.2, 0) is 0 Å². The van der Waals surface area contributed by atoms with Gasteiger partial charge in [0.2, 0.25) is 0 Å². The second-order valence-corrected chi connectivity index (χ2v) is 4.53. The van der Waals surface area contributed by atoms with Gasteiger partial charge in [0.1, 0.15) is 5.75 Å². The maximum atomic E-state index is 9.66. The van der Waals surface area contributed by atoms with Crippen molar-refractivity contribution < 1.29 is 5.11 Å². The molecule has 0 saturated carbocycles. The first kappa shape index (κ1) is 11.7. The zero-order valence-corrected chi connectivity index (χ0v) is 10.7. The van der Waals surface area contributed by atoms with Gasteiger partial charge >= 0.3 is 0 Å². The van der Waals surface area contributed by atoms with E-state index in [1.54, 1.807) is 18.2 Å². The van der Waals surface area contributed by atoms with Gasteiger partial charge in [-0.3, -0.25) is 0 Å². The Hall–Kier alpha value is -1.74. The Bertz CT molecular complexity index is 564. The zero-order chi connectivity index (χ0) is 12.3. The van der Waals surface area contributed by atoms with Gasteiger partial charge in [-0.1, -0.05) is 46.3 Å². The van der Waals surface area contributed by atoms with Crippen LogP contribution in [0, 0.1) is 0 Å². The maximum Gasteiger partial charge on any atom is 0.122 e. The third-order valence-corrected chi connectivity index (χ3v) is 3.12. The van der Waals surface area contributed by atoms with Crippen molar-refractivity contribution >= 4 is 33.8 Å². The average molecular weight is 290 g/mol. The summed E-state index contributed by atoms with van der Waals surface area (Å²) in [7, 11) is 0. The van der Waals surface area contributed by atoms with Gasteiger partial charge in [0.05, 0.1) is 0 Å². The normalized spacial score (nSPS) is 10.9. The highest BCUT2D eigenvalue weighted by Gasteiger charge is 1.98. The summed E-state index contributed by atoms with van der Waals surface area (Å²) in [5.74, 6) is 0.225. The summed E-state index contributed by atoms with van der Waals surface area (Å²) in [5.41, 5.74) is 8.07. The number of phenolic OH excluding ortho intramolecular Hbond substituents is 1. The predicted octanol–water partition coefficient (Wildman–Crippen LogP) is 3.91. The zero-order valence-electron chi connectivity index (χ0n) is 9.10. The van der Waals surface area contributed by atoms with Gasteiger partial charge in [0, 0.05) is 15.7 Å². The number of halogens is 1. The van der Waals surface area contributed by atoms with E-state index in [0.29, 0.717) is 11.3 Å². The smallest absolute Gasteiger partial charge is 0.122 e. The van der Waals surface area contributed by atoms with Crippen molar-refractivity contribution in [3.63, 3.8) is 0 Å². The highest BCUT2D eigenvalue weighted by atomic mass is 79.9. The first-order valence-electron chi connectivity index (χ1n) is 5.18. The Kier molecular flexibility index (Phi) is 3.49.